The zero-order valence-electron chi connectivity index (χ0n) is 28.8. The molecule has 0 saturated carbocycles. The molecule has 5 nitrogen and oxygen atoms in total. The predicted molar refractivity (Wildman–Crippen MR) is 192 cm³/mol. The molecule has 0 amide bonds. The van der Waals surface area contributed by atoms with Gasteiger partial charge in [-0.1, -0.05) is 76.5 Å². The van der Waals surface area contributed by atoms with Crippen LogP contribution in [0.2, 0.25) is 0 Å². The third kappa shape index (κ3) is 5.89. The van der Waals surface area contributed by atoms with Gasteiger partial charge in [-0.25, -0.2) is 4.98 Å². The van der Waals surface area contributed by atoms with Gasteiger partial charge < -0.3 is 9.30 Å². The summed E-state index contributed by atoms with van der Waals surface area (Å²) in [6.07, 6.45) is 1.85. The third-order valence-corrected chi connectivity index (χ3v) is 8.88. The van der Waals surface area contributed by atoms with Crippen LogP contribution in [-0.4, -0.2) is 19.3 Å². The normalized spacial score (nSPS) is 11.5. The first kappa shape index (κ1) is 33.4. The Kier molecular flexibility index (Phi) is 9.18. The molecule has 0 fully saturated rings. The van der Waals surface area contributed by atoms with Gasteiger partial charge in [0.1, 0.15) is 5.82 Å². The van der Waals surface area contributed by atoms with Gasteiger partial charge in [0.05, 0.1) is 11.4 Å². The summed E-state index contributed by atoms with van der Waals surface area (Å²) in [5.74, 6) is 2.58. The number of pyridine rings is 1. The molecule has 7 aromatic rings. The van der Waals surface area contributed by atoms with E-state index in [1.807, 2.05) is 24.4 Å². The molecule has 0 N–H and O–H groups in total. The zero-order chi connectivity index (χ0) is 33.0. The fraction of sp³-hybridized carbons (Fsp3) is 0.238. The standard InChI is InChI=1S/C42H40N4O.Pd/c1-25(2)41-40(39-29(7)12-11-13-30(39)8)42(26(3)4)46(44-41)31-20-28(6)21-33(23-31)47-32-16-17-35-34-14-9-10-15-36(34)45(37(35)24-32)38-22-27(5)18-19-43-38;/h9-22,25-26H,1-8H3;/q-2;+2. The largest absolute Gasteiger partial charge is 2.00 e. The van der Waals surface area contributed by atoms with Gasteiger partial charge in [0.2, 0.25) is 0 Å². The van der Waals surface area contributed by atoms with Crippen LogP contribution in [0.4, 0.5) is 0 Å². The minimum absolute atomic E-state index is 0. The summed E-state index contributed by atoms with van der Waals surface area (Å²) in [5.41, 5.74) is 12.4. The van der Waals surface area contributed by atoms with Crippen LogP contribution in [0.25, 0.3) is 44.4 Å². The van der Waals surface area contributed by atoms with Crippen molar-refractivity contribution in [2.75, 3.05) is 0 Å². The van der Waals surface area contributed by atoms with Crippen molar-refractivity contribution in [3.8, 4) is 34.1 Å². The number of aryl methyl sites for hydroxylation is 4. The number of benzene rings is 4. The average Bonchev–Trinajstić information content (AvgIpc) is 3.58. The molecule has 4 aromatic carbocycles. The van der Waals surface area contributed by atoms with Crippen molar-refractivity contribution in [1.82, 2.24) is 19.3 Å². The Morgan fingerprint density at radius 2 is 1.44 bits per heavy atom. The Balaban J connectivity index is 0.00000401. The van der Waals surface area contributed by atoms with Crippen LogP contribution >= 0.6 is 0 Å². The molecule has 0 spiro atoms. The van der Waals surface area contributed by atoms with Crippen molar-refractivity contribution < 1.29 is 25.2 Å². The van der Waals surface area contributed by atoms with E-state index in [4.69, 9.17) is 14.8 Å². The van der Waals surface area contributed by atoms with Gasteiger partial charge >= 0.3 is 20.4 Å². The van der Waals surface area contributed by atoms with Crippen molar-refractivity contribution in [3.05, 3.63) is 131 Å². The molecular formula is C42H40N4OPd. The fourth-order valence-corrected chi connectivity index (χ4v) is 6.80. The maximum Gasteiger partial charge on any atom is 2.00 e. The second-order valence-corrected chi connectivity index (χ2v) is 13.3. The van der Waals surface area contributed by atoms with Crippen LogP contribution < -0.4 is 4.74 Å². The minimum atomic E-state index is 0. The van der Waals surface area contributed by atoms with Crippen molar-refractivity contribution in [2.45, 2.75) is 67.2 Å². The SMILES string of the molecule is Cc1cc(Oc2[c-]c3c(cc2)c2ccccc2n3-c2cc(C)ccn2)[c-]c(-n2nc(C(C)C)c(-c3c(C)cccc3C)c2C(C)C)c1.[Pd+2]. The van der Waals surface area contributed by atoms with E-state index in [0.29, 0.717) is 11.5 Å². The van der Waals surface area contributed by atoms with Gasteiger partial charge in [0.15, 0.2) is 0 Å². The van der Waals surface area contributed by atoms with E-state index in [-0.39, 0.29) is 32.3 Å². The summed E-state index contributed by atoms with van der Waals surface area (Å²) in [4.78, 5) is 4.72. The zero-order valence-corrected chi connectivity index (χ0v) is 30.3. The van der Waals surface area contributed by atoms with Crippen LogP contribution in [0.5, 0.6) is 11.5 Å². The molecule has 3 heterocycles. The van der Waals surface area contributed by atoms with E-state index in [9.17, 15) is 0 Å². The minimum Gasteiger partial charge on any atom is -0.509 e. The van der Waals surface area contributed by atoms with E-state index in [1.54, 1.807) is 0 Å². The molecule has 0 bridgehead atoms. The Morgan fingerprint density at radius 3 is 2.15 bits per heavy atom. The topological polar surface area (TPSA) is 44.9 Å². The first-order valence-corrected chi connectivity index (χ1v) is 16.4. The summed E-state index contributed by atoms with van der Waals surface area (Å²) in [7, 11) is 0. The summed E-state index contributed by atoms with van der Waals surface area (Å²) in [5, 5.41) is 7.53. The average molecular weight is 723 g/mol. The molecule has 3 aromatic heterocycles. The van der Waals surface area contributed by atoms with Gasteiger partial charge in [0.25, 0.3) is 0 Å². The Morgan fingerprint density at radius 1 is 0.688 bits per heavy atom. The molecule has 0 saturated heterocycles. The van der Waals surface area contributed by atoms with Crippen molar-refractivity contribution in [3.63, 3.8) is 0 Å². The maximum absolute atomic E-state index is 6.56. The van der Waals surface area contributed by atoms with Crippen molar-refractivity contribution in [1.29, 1.82) is 0 Å². The Bertz CT molecular complexity index is 2270. The third-order valence-electron chi connectivity index (χ3n) is 8.88. The van der Waals surface area contributed by atoms with Crippen LogP contribution in [0.3, 0.4) is 0 Å². The first-order chi connectivity index (χ1) is 22.6. The number of rotatable bonds is 7. The van der Waals surface area contributed by atoms with E-state index < -0.39 is 0 Å². The molecule has 0 unspecified atom stereocenters. The van der Waals surface area contributed by atoms with Gasteiger partial charge in [-0.15, -0.1) is 35.7 Å². The second-order valence-electron chi connectivity index (χ2n) is 13.3. The van der Waals surface area contributed by atoms with Crippen LogP contribution in [0.15, 0.2) is 85.1 Å². The number of aromatic nitrogens is 4. The van der Waals surface area contributed by atoms with Gasteiger partial charge in [0, 0.05) is 28.8 Å². The van der Waals surface area contributed by atoms with E-state index in [2.05, 4.69) is 137 Å². The van der Waals surface area contributed by atoms with Gasteiger partial charge in [-0.3, -0.25) is 4.68 Å². The summed E-state index contributed by atoms with van der Waals surface area (Å²) in [6.45, 7) is 17.5. The second kappa shape index (κ2) is 13.2. The molecule has 48 heavy (non-hydrogen) atoms. The maximum atomic E-state index is 6.56. The monoisotopic (exact) mass is 722 g/mol. The number of hydrogen-bond acceptors (Lipinski definition) is 3. The van der Waals surface area contributed by atoms with Gasteiger partial charge in [-0.2, -0.15) is 16.7 Å². The van der Waals surface area contributed by atoms with E-state index in [1.165, 1.54) is 27.9 Å². The number of nitrogens with zero attached hydrogens (tertiary/aromatic N) is 4. The number of hydrogen-bond donors (Lipinski definition) is 0. The van der Waals surface area contributed by atoms with Crippen molar-refractivity contribution in [2.24, 2.45) is 0 Å². The molecule has 0 radical (unpaired) electrons. The fourth-order valence-electron chi connectivity index (χ4n) is 6.80. The molecule has 0 atom stereocenters. The molecule has 7 rings (SSSR count). The molecule has 0 aliphatic rings. The van der Waals surface area contributed by atoms with Crippen LogP contribution in [-0.2, 0) is 20.4 Å². The number of ether oxygens (including phenoxy) is 1. The molecule has 0 aliphatic heterocycles. The predicted octanol–water partition coefficient (Wildman–Crippen LogP) is 10.9. The summed E-state index contributed by atoms with van der Waals surface area (Å²) >= 11 is 0. The summed E-state index contributed by atoms with van der Waals surface area (Å²) in [6, 6.07) is 34.5. The van der Waals surface area contributed by atoms with Crippen molar-refractivity contribution >= 4 is 21.8 Å². The summed E-state index contributed by atoms with van der Waals surface area (Å²) < 4.78 is 10.8. The molecular weight excluding hydrogens is 683 g/mol. The van der Waals surface area contributed by atoms with Crippen LogP contribution in [0, 0.1) is 39.8 Å². The molecule has 244 valence electrons. The number of fused-ring (bicyclic) bond motifs is 3. The Labute approximate surface area is 297 Å². The smallest absolute Gasteiger partial charge is 0.509 e. The quantitative estimate of drug-likeness (QED) is 0.122. The van der Waals surface area contributed by atoms with Crippen LogP contribution in [0.1, 0.15) is 73.2 Å². The molecule has 0 aliphatic carbocycles. The van der Waals surface area contributed by atoms with E-state index in [0.717, 1.165) is 50.1 Å². The molecule has 6 heteroatoms. The first-order valence-electron chi connectivity index (χ1n) is 16.4. The van der Waals surface area contributed by atoms with Gasteiger partial charge in [-0.05, 0) is 84.1 Å². The number of para-hydroxylation sites is 1. The van der Waals surface area contributed by atoms with E-state index >= 15 is 0 Å². The Hall–Kier alpha value is -4.50.